The molecule has 11 nitrogen and oxygen atoms in total. The molecule has 3 heterocycles. The number of nitrogens with zero attached hydrogens (tertiary/aromatic N) is 5. The summed E-state index contributed by atoms with van der Waals surface area (Å²) in [6.45, 7) is 1.99. The predicted octanol–water partition coefficient (Wildman–Crippen LogP) is 1.84. The van der Waals surface area contributed by atoms with Gasteiger partial charge in [-0.05, 0) is 18.2 Å². The van der Waals surface area contributed by atoms with Crippen molar-refractivity contribution in [2.45, 2.75) is 37.1 Å². The smallest absolute Gasteiger partial charge is 0.261 e. The van der Waals surface area contributed by atoms with Gasteiger partial charge in [0, 0.05) is 32.0 Å². The number of anilines is 1. The number of imide groups is 1. The number of hydrogen-bond acceptors (Lipinski definition) is 9. The molecule has 0 unspecified atom stereocenters. The Morgan fingerprint density at radius 3 is 2.81 bits per heavy atom. The third-order valence-electron chi connectivity index (χ3n) is 4.63. The van der Waals surface area contributed by atoms with E-state index in [0.717, 1.165) is 17.1 Å². The van der Waals surface area contributed by atoms with E-state index in [1.54, 1.807) is 6.07 Å². The molecule has 0 atom stereocenters. The van der Waals surface area contributed by atoms with Crippen molar-refractivity contribution in [2.75, 3.05) is 12.4 Å². The molecule has 0 saturated heterocycles. The number of carbonyl (C=O) groups excluding carboxylic acids is 3. The van der Waals surface area contributed by atoms with Gasteiger partial charge in [0.25, 0.3) is 11.8 Å². The van der Waals surface area contributed by atoms with Gasteiger partial charge < -0.3 is 9.84 Å². The second-order valence-corrected chi connectivity index (χ2v) is 7.73. The van der Waals surface area contributed by atoms with Crippen molar-refractivity contribution in [3.63, 3.8) is 0 Å². The number of nitrogens with one attached hydrogen (secondary N) is 2. The van der Waals surface area contributed by atoms with E-state index in [2.05, 4.69) is 30.6 Å². The van der Waals surface area contributed by atoms with Gasteiger partial charge in [0.15, 0.2) is 5.82 Å². The van der Waals surface area contributed by atoms with Gasteiger partial charge in [-0.15, -0.1) is 5.10 Å². The largest absolute Gasteiger partial charge is 0.339 e. The molecule has 0 bridgehead atoms. The fraction of sp³-hybridized carbons (Fsp3) is 0.316. The Bertz CT molecular complexity index is 1160. The summed E-state index contributed by atoms with van der Waals surface area (Å²) < 4.78 is 5.19. The first-order chi connectivity index (χ1) is 14.9. The summed E-state index contributed by atoms with van der Waals surface area (Å²) in [4.78, 5) is 45.9. The highest BCUT2D eigenvalue weighted by Crippen LogP contribution is 2.25. The van der Waals surface area contributed by atoms with Crippen LogP contribution in [0.3, 0.4) is 0 Å². The molecule has 31 heavy (non-hydrogen) atoms. The van der Waals surface area contributed by atoms with Crippen molar-refractivity contribution < 1.29 is 18.9 Å². The molecule has 0 fully saturated rings. The van der Waals surface area contributed by atoms with Gasteiger partial charge in [-0.2, -0.15) is 4.98 Å². The minimum atomic E-state index is -0.386. The van der Waals surface area contributed by atoms with Crippen molar-refractivity contribution in [3.8, 4) is 0 Å². The van der Waals surface area contributed by atoms with E-state index >= 15 is 0 Å². The van der Waals surface area contributed by atoms with Crippen LogP contribution < -0.4 is 5.32 Å². The van der Waals surface area contributed by atoms with Gasteiger partial charge in [-0.1, -0.05) is 23.8 Å². The number of aromatic amines is 1. The first kappa shape index (κ1) is 20.7. The van der Waals surface area contributed by atoms with E-state index < -0.39 is 0 Å². The maximum atomic E-state index is 12.3. The molecule has 1 aromatic carbocycles. The third-order valence-corrected chi connectivity index (χ3v) is 5.47. The standard InChI is InChI=1S/C19H19N7O4S/c1-3-13-22-19(24-23-13)31-9-14-21-16(30-25-14)7-6-15(27)20-10-4-5-11-12(8-10)18(29)26(2)17(11)28/h4-5,8H,3,6-7,9H2,1-2H3,(H,20,27)(H,22,23,24). The minimum Gasteiger partial charge on any atom is -0.339 e. The number of aryl methyl sites for hydroxylation is 2. The summed E-state index contributed by atoms with van der Waals surface area (Å²) >= 11 is 1.39. The first-order valence-electron chi connectivity index (χ1n) is 9.56. The molecule has 0 saturated carbocycles. The molecule has 12 heteroatoms. The van der Waals surface area contributed by atoms with Crippen molar-refractivity contribution in [2.24, 2.45) is 0 Å². The molecular formula is C19H19N7O4S. The molecule has 3 amide bonds. The monoisotopic (exact) mass is 441 g/mol. The number of aromatic nitrogens is 5. The lowest BCUT2D eigenvalue weighted by Gasteiger charge is -2.05. The average molecular weight is 441 g/mol. The quantitative estimate of drug-likeness (QED) is 0.395. The van der Waals surface area contributed by atoms with Crippen LogP contribution in [0.4, 0.5) is 5.69 Å². The van der Waals surface area contributed by atoms with E-state index in [1.165, 1.54) is 30.9 Å². The van der Waals surface area contributed by atoms with Crippen LogP contribution in [0, 0.1) is 0 Å². The van der Waals surface area contributed by atoms with Crippen molar-refractivity contribution in [1.29, 1.82) is 0 Å². The number of amides is 3. The summed E-state index contributed by atoms with van der Waals surface area (Å²) in [5.74, 6) is 1.11. The second-order valence-electron chi connectivity index (χ2n) is 6.79. The lowest BCUT2D eigenvalue weighted by atomic mass is 10.1. The number of fused-ring (bicyclic) bond motifs is 1. The zero-order valence-corrected chi connectivity index (χ0v) is 17.7. The summed E-state index contributed by atoms with van der Waals surface area (Å²) in [6.07, 6.45) is 1.17. The fourth-order valence-electron chi connectivity index (χ4n) is 2.96. The molecular weight excluding hydrogens is 422 g/mol. The number of rotatable bonds is 8. The zero-order chi connectivity index (χ0) is 22.0. The summed E-state index contributed by atoms with van der Waals surface area (Å²) in [5, 5.41) is 14.2. The molecule has 1 aliphatic heterocycles. The van der Waals surface area contributed by atoms with Crippen LogP contribution in [0.25, 0.3) is 0 Å². The number of thioether (sulfide) groups is 1. The van der Waals surface area contributed by atoms with Crippen LogP contribution in [0.15, 0.2) is 27.9 Å². The number of benzene rings is 1. The Balaban J connectivity index is 1.28. The maximum Gasteiger partial charge on any atom is 0.261 e. The SMILES string of the molecule is CCc1nc(SCc2noc(CCC(=O)Nc3ccc4c(c3)C(=O)N(C)C4=O)n2)n[nH]1. The van der Waals surface area contributed by atoms with Gasteiger partial charge in [0.2, 0.25) is 17.0 Å². The molecule has 0 spiro atoms. The second kappa shape index (κ2) is 8.68. The lowest BCUT2D eigenvalue weighted by Crippen LogP contribution is -2.24. The van der Waals surface area contributed by atoms with E-state index in [1.807, 2.05) is 6.92 Å². The maximum absolute atomic E-state index is 12.3. The van der Waals surface area contributed by atoms with Gasteiger partial charge >= 0.3 is 0 Å². The van der Waals surface area contributed by atoms with Gasteiger partial charge in [0.05, 0.1) is 16.9 Å². The van der Waals surface area contributed by atoms with Gasteiger partial charge in [-0.3, -0.25) is 24.4 Å². The van der Waals surface area contributed by atoms with Crippen LogP contribution in [0.2, 0.25) is 0 Å². The molecule has 3 aromatic rings. The van der Waals surface area contributed by atoms with E-state index in [4.69, 9.17) is 4.52 Å². The Kier molecular flexibility index (Phi) is 5.80. The molecule has 1 aliphatic rings. The molecule has 2 N–H and O–H groups in total. The van der Waals surface area contributed by atoms with Crippen LogP contribution >= 0.6 is 11.8 Å². The average Bonchev–Trinajstić information content (AvgIpc) is 3.47. The lowest BCUT2D eigenvalue weighted by molar-refractivity contribution is -0.116. The molecule has 0 aliphatic carbocycles. The molecule has 2 aromatic heterocycles. The van der Waals surface area contributed by atoms with E-state index in [0.29, 0.717) is 33.9 Å². The Morgan fingerprint density at radius 1 is 1.23 bits per heavy atom. The Hall–Kier alpha value is -3.54. The van der Waals surface area contributed by atoms with Crippen LogP contribution in [-0.4, -0.2) is 55.0 Å². The highest BCUT2D eigenvalue weighted by atomic mass is 32.2. The number of carbonyl (C=O) groups is 3. The number of hydrogen-bond donors (Lipinski definition) is 2. The Labute approximate surface area is 181 Å². The predicted molar refractivity (Wildman–Crippen MR) is 109 cm³/mol. The molecule has 160 valence electrons. The first-order valence-corrected chi connectivity index (χ1v) is 10.5. The van der Waals surface area contributed by atoms with E-state index in [-0.39, 0.29) is 36.1 Å². The topological polar surface area (TPSA) is 147 Å². The fourth-order valence-corrected chi connectivity index (χ4v) is 3.62. The summed E-state index contributed by atoms with van der Waals surface area (Å²) in [7, 11) is 1.42. The highest BCUT2D eigenvalue weighted by Gasteiger charge is 2.32. The van der Waals surface area contributed by atoms with Crippen LogP contribution in [0.1, 0.15) is 51.6 Å². The Morgan fingerprint density at radius 2 is 2.03 bits per heavy atom. The summed E-state index contributed by atoms with van der Waals surface area (Å²) in [5.41, 5.74) is 1.06. The highest BCUT2D eigenvalue weighted by molar-refractivity contribution is 7.98. The van der Waals surface area contributed by atoms with Crippen LogP contribution in [-0.2, 0) is 23.4 Å². The molecule has 0 radical (unpaired) electrons. The van der Waals surface area contributed by atoms with Crippen molar-refractivity contribution in [1.82, 2.24) is 30.2 Å². The molecule has 4 rings (SSSR count). The van der Waals surface area contributed by atoms with Crippen LogP contribution in [0.5, 0.6) is 0 Å². The van der Waals surface area contributed by atoms with Crippen molar-refractivity contribution >= 4 is 35.2 Å². The number of H-pyrrole nitrogens is 1. The third kappa shape index (κ3) is 4.48. The van der Waals surface area contributed by atoms with E-state index in [9.17, 15) is 14.4 Å². The minimum absolute atomic E-state index is 0.124. The zero-order valence-electron chi connectivity index (χ0n) is 16.8. The van der Waals surface area contributed by atoms with Gasteiger partial charge in [-0.25, -0.2) is 4.98 Å². The van der Waals surface area contributed by atoms with Gasteiger partial charge in [0.1, 0.15) is 5.82 Å². The normalized spacial score (nSPS) is 13.0. The van der Waals surface area contributed by atoms with Crippen molar-refractivity contribution in [3.05, 3.63) is 46.9 Å². The summed E-state index contributed by atoms with van der Waals surface area (Å²) in [6, 6.07) is 4.64.